The first kappa shape index (κ1) is 27.6. The van der Waals surface area contributed by atoms with Crippen LogP contribution >= 0.6 is 0 Å². The molecule has 1 aliphatic rings. The van der Waals surface area contributed by atoms with E-state index in [1.165, 1.54) is 19.1 Å². The number of hydrogen-bond acceptors (Lipinski definition) is 5. The van der Waals surface area contributed by atoms with Crippen molar-refractivity contribution < 1.29 is 35.2 Å². The van der Waals surface area contributed by atoms with E-state index in [0.29, 0.717) is 12.0 Å². The monoisotopic (exact) mass is 554 g/mol. The van der Waals surface area contributed by atoms with E-state index in [-0.39, 0.29) is 29.1 Å². The molecule has 0 spiro atoms. The van der Waals surface area contributed by atoms with Crippen molar-refractivity contribution in [2.45, 2.75) is 43.4 Å². The van der Waals surface area contributed by atoms with Gasteiger partial charge < -0.3 is 5.32 Å². The number of amides is 1. The third-order valence-corrected chi connectivity index (χ3v) is 8.84. The fraction of sp³-hybridized carbons (Fsp3) is 0.320. The summed E-state index contributed by atoms with van der Waals surface area (Å²) in [7, 11) is -4.15. The van der Waals surface area contributed by atoms with Gasteiger partial charge in [-0.15, -0.1) is 0 Å². The molecule has 1 N–H and O–H groups in total. The predicted molar refractivity (Wildman–Crippen MR) is 127 cm³/mol. The molecule has 0 aliphatic carbocycles. The van der Waals surface area contributed by atoms with Crippen molar-refractivity contribution in [2.75, 3.05) is 6.54 Å². The lowest BCUT2D eigenvalue weighted by molar-refractivity contribution is -0.145. The van der Waals surface area contributed by atoms with Gasteiger partial charge in [0.25, 0.3) is 0 Å². The highest BCUT2D eigenvalue weighted by atomic mass is 32.2. The number of carbonyl (C=O) groups is 1. The first-order valence-corrected chi connectivity index (χ1v) is 12.9. The number of halogens is 5. The fourth-order valence-corrected chi connectivity index (χ4v) is 6.22. The Morgan fingerprint density at radius 1 is 1.08 bits per heavy atom. The van der Waals surface area contributed by atoms with Crippen LogP contribution in [-0.2, 0) is 27.5 Å². The van der Waals surface area contributed by atoms with E-state index in [9.17, 15) is 35.2 Å². The maximum Gasteiger partial charge on any atom is 0.451 e. The summed E-state index contributed by atoms with van der Waals surface area (Å²) in [5, 5.41) is 2.60. The van der Waals surface area contributed by atoms with Gasteiger partial charge in [-0.25, -0.2) is 27.2 Å². The molecule has 202 valence electrons. The van der Waals surface area contributed by atoms with Gasteiger partial charge in [0.2, 0.25) is 21.8 Å². The molecule has 0 bridgehead atoms. The maximum atomic E-state index is 14.6. The Morgan fingerprint density at radius 2 is 1.71 bits per heavy atom. The Morgan fingerprint density at radius 3 is 2.32 bits per heavy atom. The molecule has 1 aromatic heterocycles. The number of alkyl halides is 3. The van der Waals surface area contributed by atoms with Crippen LogP contribution < -0.4 is 5.32 Å². The third-order valence-electron chi connectivity index (χ3n) is 6.83. The summed E-state index contributed by atoms with van der Waals surface area (Å²) in [5.74, 6) is -3.64. The van der Waals surface area contributed by atoms with E-state index in [0.717, 1.165) is 47.0 Å². The van der Waals surface area contributed by atoms with Crippen LogP contribution in [0.25, 0.3) is 11.1 Å². The Bertz CT molecular complexity index is 1450. The average Bonchev–Trinajstić information content (AvgIpc) is 3.19. The van der Waals surface area contributed by atoms with Crippen LogP contribution in [-0.4, -0.2) is 40.7 Å². The van der Waals surface area contributed by atoms with Crippen molar-refractivity contribution in [1.29, 1.82) is 0 Å². The van der Waals surface area contributed by atoms with Crippen LogP contribution in [0.1, 0.15) is 31.7 Å². The number of nitrogens with zero attached hydrogens (tertiary/aromatic N) is 3. The summed E-state index contributed by atoms with van der Waals surface area (Å²) >= 11 is 0. The van der Waals surface area contributed by atoms with Crippen molar-refractivity contribution in [2.24, 2.45) is 5.92 Å². The van der Waals surface area contributed by atoms with Crippen LogP contribution in [0.4, 0.5) is 22.0 Å². The van der Waals surface area contributed by atoms with Gasteiger partial charge in [-0.1, -0.05) is 13.0 Å². The van der Waals surface area contributed by atoms with Crippen LogP contribution in [0.15, 0.2) is 59.8 Å². The van der Waals surface area contributed by atoms with E-state index in [1.807, 2.05) is 0 Å². The smallest absolute Gasteiger partial charge is 0.350 e. The van der Waals surface area contributed by atoms with Gasteiger partial charge in [-0.3, -0.25) is 4.79 Å². The molecule has 0 saturated carbocycles. The number of nitrogens with one attached hydrogen (secondary N) is 1. The number of rotatable bonds is 6. The Labute approximate surface area is 215 Å². The summed E-state index contributed by atoms with van der Waals surface area (Å²) < 4.78 is 93.8. The number of hydrogen-bond donors (Lipinski definition) is 1. The molecule has 1 amide bonds. The van der Waals surface area contributed by atoms with Crippen molar-refractivity contribution in [3.8, 4) is 11.1 Å². The topological polar surface area (TPSA) is 92.3 Å². The van der Waals surface area contributed by atoms with E-state index in [1.54, 1.807) is 6.92 Å². The first-order chi connectivity index (χ1) is 17.7. The predicted octanol–water partition coefficient (Wildman–Crippen LogP) is 4.55. The molecule has 1 aliphatic heterocycles. The average molecular weight is 555 g/mol. The molecule has 4 rings (SSSR count). The minimum Gasteiger partial charge on any atom is -0.350 e. The molecule has 3 aromatic rings. The van der Waals surface area contributed by atoms with E-state index in [2.05, 4.69) is 15.3 Å². The molecule has 2 aromatic carbocycles. The van der Waals surface area contributed by atoms with Gasteiger partial charge in [0.05, 0.1) is 4.90 Å². The van der Waals surface area contributed by atoms with Crippen LogP contribution in [0, 0.1) is 17.6 Å². The minimum absolute atomic E-state index is 0.0259. The normalized spacial score (nSPS) is 20.4. The van der Waals surface area contributed by atoms with E-state index >= 15 is 0 Å². The zero-order valence-corrected chi connectivity index (χ0v) is 21.1. The highest BCUT2D eigenvalue weighted by Crippen LogP contribution is 2.39. The minimum atomic E-state index is -4.71. The maximum absolute atomic E-state index is 14.6. The zero-order chi connectivity index (χ0) is 27.9. The SMILES string of the molecule is C[C@H]1CCN(S(=O)(=O)c2ccc(F)cc2)[C@]1(C)C(=O)NCc1cc(-c2cnc(C(F)(F)F)nc2)ccc1F. The summed E-state index contributed by atoms with van der Waals surface area (Å²) in [6.45, 7) is 2.95. The summed E-state index contributed by atoms with van der Waals surface area (Å²) in [5.41, 5.74) is -0.954. The van der Waals surface area contributed by atoms with Crippen molar-refractivity contribution in [3.63, 3.8) is 0 Å². The summed E-state index contributed by atoms with van der Waals surface area (Å²) in [6.07, 6.45) is -2.39. The lowest BCUT2D eigenvalue weighted by atomic mass is 9.88. The highest BCUT2D eigenvalue weighted by Gasteiger charge is 2.53. The fourth-order valence-electron chi connectivity index (χ4n) is 4.38. The molecule has 1 saturated heterocycles. The number of carbonyl (C=O) groups excluding carboxylic acids is 1. The summed E-state index contributed by atoms with van der Waals surface area (Å²) in [6, 6.07) is 8.05. The second-order valence-electron chi connectivity index (χ2n) is 9.15. The summed E-state index contributed by atoms with van der Waals surface area (Å²) in [4.78, 5) is 19.8. The Balaban J connectivity index is 1.55. The van der Waals surface area contributed by atoms with E-state index < -0.39 is 51.0 Å². The van der Waals surface area contributed by atoms with Crippen LogP contribution in [0.2, 0.25) is 0 Å². The zero-order valence-electron chi connectivity index (χ0n) is 20.3. The molecule has 13 heteroatoms. The molecule has 0 radical (unpaired) electrons. The van der Waals surface area contributed by atoms with Gasteiger partial charge in [0.1, 0.15) is 17.2 Å². The van der Waals surface area contributed by atoms with Crippen LogP contribution in [0.5, 0.6) is 0 Å². The van der Waals surface area contributed by atoms with Crippen molar-refractivity contribution in [3.05, 3.63) is 77.9 Å². The molecule has 7 nitrogen and oxygen atoms in total. The number of benzene rings is 2. The largest absolute Gasteiger partial charge is 0.451 e. The Hall–Kier alpha value is -3.45. The molecule has 38 heavy (non-hydrogen) atoms. The second-order valence-corrected chi connectivity index (χ2v) is 11.0. The number of aromatic nitrogens is 2. The first-order valence-electron chi connectivity index (χ1n) is 11.5. The standard InChI is InChI=1S/C25H23F5N4O3S/c1-15-9-10-34(38(36,37)20-6-4-19(26)5-7-20)24(15,2)23(35)33-12-17-11-16(3-8-21(17)27)18-13-31-22(32-14-18)25(28,29)30/h3-8,11,13-15H,9-10,12H2,1-2H3,(H,33,35)/t15-,24-/m0/s1. The van der Waals surface area contributed by atoms with Crippen LogP contribution in [0.3, 0.4) is 0 Å². The molecule has 2 heterocycles. The lowest BCUT2D eigenvalue weighted by Crippen LogP contribution is -2.57. The molecule has 0 unspecified atom stereocenters. The quantitative estimate of drug-likeness (QED) is 0.452. The van der Waals surface area contributed by atoms with Gasteiger partial charge in [0.15, 0.2) is 0 Å². The van der Waals surface area contributed by atoms with Crippen molar-refractivity contribution >= 4 is 15.9 Å². The second kappa shape index (κ2) is 10.0. The van der Waals surface area contributed by atoms with Gasteiger partial charge in [0, 0.05) is 36.6 Å². The molecule has 2 atom stereocenters. The van der Waals surface area contributed by atoms with Gasteiger partial charge in [-0.05, 0) is 61.2 Å². The Kier molecular flexibility index (Phi) is 7.28. The molecule has 1 fully saturated rings. The third kappa shape index (κ3) is 5.12. The van der Waals surface area contributed by atoms with Crippen molar-refractivity contribution in [1.82, 2.24) is 19.6 Å². The highest BCUT2D eigenvalue weighted by molar-refractivity contribution is 7.89. The molecular weight excluding hydrogens is 531 g/mol. The lowest BCUT2D eigenvalue weighted by Gasteiger charge is -2.36. The van der Waals surface area contributed by atoms with Gasteiger partial charge in [-0.2, -0.15) is 17.5 Å². The number of sulfonamides is 1. The molecular formula is C25H23F5N4O3S. The van der Waals surface area contributed by atoms with E-state index in [4.69, 9.17) is 0 Å². The van der Waals surface area contributed by atoms with Gasteiger partial charge >= 0.3 is 6.18 Å².